The fraction of sp³-hybridized carbons (Fsp3) is 0.200. The maximum atomic E-state index is 5.78. The van der Waals surface area contributed by atoms with Gasteiger partial charge in [0.15, 0.2) is 0 Å². The van der Waals surface area contributed by atoms with Crippen LogP contribution in [0.3, 0.4) is 0 Å². The first-order valence-corrected chi connectivity index (χ1v) is 4.13. The normalized spacial score (nSPS) is 9.00. The summed E-state index contributed by atoms with van der Waals surface area (Å²) in [6.07, 6.45) is 5.84. The van der Waals surface area contributed by atoms with E-state index in [0.717, 1.165) is 23.7 Å². The fourth-order valence-corrected chi connectivity index (χ4v) is 1.07. The van der Waals surface area contributed by atoms with Crippen LogP contribution in [0.15, 0.2) is 24.3 Å². The number of anilines is 1. The largest absolute Gasteiger partial charge is 0.384 e. The molecule has 0 amide bonds. The van der Waals surface area contributed by atoms with Gasteiger partial charge in [0.05, 0.1) is 0 Å². The van der Waals surface area contributed by atoms with Crippen LogP contribution in [0, 0.1) is 12.3 Å². The van der Waals surface area contributed by atoms with Gasteiger partial charge in [0.1, 0.15) is 0 Å². The first-order valence-electron chi connectivity index (χ1n) is 3.76. The van der Waals surface area contributed by atoms with E-state index in [1.54, 1.807) is 0 Å². The summed E-state index contributed by atoms with van der Waals surface area (Å²) in [5.74, 6) is 2.56. The SMILES string of the molecule is C#CCCNc1cccc(Cl)c1. The zero-order valence-corrected chi connectivity index (χ0v) is 7.43. The average Bonchev–Trinajstić information content (AvgIpc) is 2.05. The Morgan fingerprint density at radius 1 is 1.50 bits per heavy atom. The number of benzene rings is 1. The second-order valence-corrected chi connectivity index (χ2v) is 2.83. The molecule has 0 aliphatic carbocycles. The molecular formula is C10H10ClN. The first kappa shape index (κ1) is 8.96. The third kappa shape index (κ3) is 2.86. The third-order valence-electron chi connectivity index (χ3n) is 1.42. The number of nitrogens with one attached hydrogen (secondary N) is 1. The Hall–Kier alpha value is -1.13. The second-order valence-electron chi connectivity index (χ2n) is 2.39. The zero-order valence-electron chi connectivity index (χ0n) is 6.68. The summed E-state index contributed by atoms with van der Waals surface area (Å²) in [4.78, 5) is 0. The molecule has 0 fully saturated rings. The first-order chi connectivity index (χ1) is 5.83. The van der Waals surface area contributed by atoms with E-state index in [1.807, 2.05) is 24.3 Å². The van der Waals surface area contributed by atoms with E-state index in [-0.39, 0.29) is 0 Å². The van der Waals surface area contributed by atoms with Gasteiger partial charge in [-0.15, -0.1) is 12.3 Å². The quantitative estimate of drug-likeness (QED) is 0.556. The van der Waals surface area contributed by atoms with E-state index in [0.29, 0.717) is 0 Å². The molecule has 12 heavy (non-hydrogen) atoms. The number of halogens is 1. The number of hydrogen-bond acceptors (Lipinski definition) is 1. The van der Waals surface area contributed by atoms with Crippen LogP contribution in [0.25, 0.3) is 0 Å². The van der Waals surface area contributed by atoms with Gasteiger partial charge in [-0.05, 0) is 18.2 Å². The molecule has 0 aliphatic heterocycles. The van der Waals surface area contributed by atoms with Crippen molar-refractivity contribution in [2.24, 2.45) is 0 Å². The molecule has 0 aliphatic rings. The molecule has 2 heteroatoms. The van der Waals surface area contributed by atoms with Crippen molar-refractivity contribution in [1.29, 1.82) is 0 Å². The molecule has 1 aromatic carbocycles. The van der Waals surface area contributed by atoms with E-state index >= 15 is 0 Å². The lowest BCUT2D eigenvalue weighted by Gasteiger charge is -2.03. The molecule has 1 rings (SSSR count). The van der Waals surface area contributed by atoms with Crippen molar-refractivity contribution in [3.8, 4) is 12.3 Å². The Balaban J connectivity index is 2.48. The molecule has 0 atom stereocenters. The summed E-state index contributed by atoms with van der Waals surface area (Å²) in [7, 11) is 0. The summed E-state index contributed by atoms with van der Waals surface area (Å²) in [5, 5.41) is 3.90. The van der Waals surface area contributed by atoms with Crippen LogP contribution in [-0.4, -0.2) is 6.54 Å². The van der Waals surface area contributed by atoms with Crippen molar-refractivity contribution in [2.45, 2.75) is 6.42 Å². The second kappa shape index (κ2) is 4.69. The number of rotatable bonds is 3. The molecule has 0 saturated carbocycles. The van der Waals surface area contributed by atoms with Crippen molar-refractivity contribution in [1.82, 2.24) is 0 Å². The molecule has 0 bridgehead atoms. The summed E-state index contributed by atoms with van der Waals surface area (Å²) >= 11 is 5.78. The Kier molecular flexibility index (Phi) is 3.50. The van der Waals surface area contributed by atoms with Crippen LogP contribution in [0.2, 0.25) is 5.02 Å². The predicted octanol–water partition coefficient (Wildman–Crippen LogP) is 2.78. The highest BCUT2D eigenvalue weighted by Gasteiger charge is 1.90. The molecule has 1 N–H and O–H groups in total. The van der Waals surface area contributed by atoms with Gasteiger partial charge in [0, 0.05) is 23.7 Å². The van der Waals surface area contributed by atoms with Gasteiger partial charge in [0.2, 0.25) is 0 Å². The van der Waals surface area contributed by atoms with E-state index in [1.165, 1.54) is 0 Å². The molecule has 62 valence electrons. The molecule has 0 unspecified atom stereocenters. The number of terminal acetylenes is 1. The minimum atomic E-state index is 0.729. The van der Waals surface area contributed by atoms with Crippen molar-refractivity contribution in [3.63, 3.8) is 0 Å². The highest BCUT2D eigenvalue weighted by atomic mass is 35.5. The maximum Gasteiger partial charge on any atom is 0.0426 e. The van der Waals surface area contributed by atoms with Gasteiger partial charge in [-0.2, -0.15) is 0 Å². The Bertz CT molecular complexity index is 288. The fourth-order valence-electron chi connectivity index (χ4n) is 0.877. The maximum absolute atomic E-state index is 5.78. The monoisotopic (exact) mass is 179 g/mol. The van der Waals surface area contributed by atoms with Crippen LogP contribution in [0.4, 0.5) is 5.69 Å². The Labute approximate surface area is 77.7 Å². The van der Waals surface area contributed by atoms with Gasteiger partial charge in [-0.1, -0.05) is 17.7 Å². The summed E-state index contributed by atoms with van der Waals surface area (Å²) < 4.78 is 0. The molecule has 0 heterocycles. The molecule has 1 nitrogen and oxygen atoms in total. The summed E-state index contributed by atoms with van der Waals surface area (Å²) in [5.41, 5.74) is 1.01. The van der Waals surface area contributed by atoms with E-state index in [4.69, 9.17) is 18.0 Å². The predicted molar refractivity (Wildman–Crippen MR) is 53.4 cm³/mol. The smallest absolute Gasteiger partial charge is 0.0426 e. The van der Waals surface area contributed by atoms with Crippen LogP contribution in [0.1, 0.15) is 6.42 Å². The van der Waals surface area contributed by atoms with Crippen LogP contribution in [0.5, 0.6) is 0 Å². The Morgan fingerprint density at radius 2 is 2.33 bits per heavy atom. The molecule has 0 spiro atoms. The molecule has 0 radical (unpaired) electrons. The molecule has 0 aromatic heterocycles. The standard InChI is InChI=1S/C10H10ClN/c1-2-3-7-12-10-6-4-5-9(11)8-10/h1,4-6,8,12H,3,7H2. The average molecular weight is 180 g/mol. The highest BCUT2D eigenvalue weighted by molar-refractivity contribution is 6.30. The number of hydrogen-bond donors (Lipinski definition) is 1. The Morgan fingerprint density at radius 3 is 3.00 bits per heavy atom. The van der Waals surface area contributed by atoms with E-state index in [2.05, 4.69) is 11.2 Å². The van der Waals surface area contributed by atoms with Crippen LogP contribution < -0.4 is 5.32 Å². The minimum Gasteiger partial charge on any atom is -0.384 e. The lowest BCUT2D eigenvalue weighted by atomic mass is 10.3. The van der Waals surface area contributed by atoms with E-state index in [9.17, 15) is 0 Å². The highest BCUT2D eigenvalue weighted by Crippen LogP contribution is 2.14. The van der Waals surface area contributed by atoms with Crippen molar-refractivity contribution in [3.05, 3.63) is 29.3 Å². The van der Waals surface area contributed by atoms with Crippen LogP contribution >= 0.6 is 11.6 Å². The minimum absolute atomic E-state index is 0.729. The van der Waals surface area contributed by atoms with Crippen molar-refractivity contribution >= 4 is 17.3 Å². The summed E-state index contributed by atoms with van der Waals surface area (Å²) in [6, 6.07) is 7.58. The van der Waals surface area contributed by atoms with Crippen LogP contribution in [-0.2, 0) is 0 Å². The lowest BCUT2D eigenvalue weighted by molar-refractivity contribution is 1.10. The zero-order chi connectivity index (χ0) is 8.81. The lowest BCUT2D eigenvalue weighted by Crippen LogP contribution is -1.99. The molecule has 0 saturated heterocycles. The topological polar surface area (TPSA) is 12.0 Å². The van der Waals surface area contributed by atoms with Gasteiger partial charge in [-0.25, -0.2) is 0 Å². The van der Waals surface area contributed by atoms with Gasteiger partial charge >= 0.3 is 0 Å². The summed E-state index contributed by atoms with van der Waals surface area (Å²) in [6.45, 7) is 0.789. The molecule has 1 aromatic rings. The van der Waals surface area contributed by atoms with Gasteiger partial charge in [-0.3, -0.25) is 0 Å². The third-order valence-corrected chi connectivity index (χ3v) is 1.66. The van der Waals surface area contributed by atoms with Crippen molar-refractivity contribution < 1.29 is 0 Å². The van der Waals surface area contributed by atoms with Gasteiger partial charge < -0.3 is 5.32 Å². The van der Waals surface area contributed by atoms with Gasteiger partial charge in [0.25, 0.3) is 0 Å². The molecular weight excluding hydrogens is 170 g/mol. The van der Waals surface area contributed by atoms with E-state index < -0.39 is 0 Å². The van der Waals surface area contributed by atoms with Crippen molar-refractivity contribution in [2.75, 3.05) is 11.9 Å².